The number of hydrogen-bond acceptors (Lipinski definition) is 4. The molecule has 0 heterocycles. The van der Waals surface area contributed by atoms with Gasteiger partial charge >= 0.3 is 0 Å². The molecule has 2 aromatic rings. The molecule has 22 heavy (non-hydrogen) atoms. The van der Waals surface area contributed by atoms with Crippen LogP contribution in [-0.2, 0) is 9.84 Å². The van der Waals surface area contributed by atoms with Crippen LogP contribution in [0.25, 0.3) is 0 Å². The van der Waals surface area contributed by atoms with Crippen molar-refractivity contribution in [2.75, 3.05) is 0 Å². The number of rotatable bonds is 2. The molecule has 0 spiro atoms. The first-order valence-electron chi connectivity index (χ1n) is 6.92. The fourth-order valence-electron chi connectivity index (χ4n) is 2.39. The molecule has 0 amide bonds. The van der Waals surface area contributed by atoms with Gasteiger partial charge in [0.25, 0.3) is 0 Å². The standard InChI is InChI=1S/C17H20O4S/c1-9-6-15(19)17(7-10(9)2)22(20,21)16-8-14(18)12(4)11(3)13(16)5/h6-8,18-19H,1-5H3. The minimum absolute atomic E-state index is 0.0200. The Hall–Kier alpha value is -2.01. The topological polar surface area (TPSA) is 74.6 Å². The average Bonchev–Trinajstić information content (AvgIpc) is 2.44. The van der Waals surface area contributed by atoms with Gasteiger partial charge in [0.2, 0.25) is 9.84 Å². The summed E-state index contributed by atoms with van der Waals surface area (Å²) in [6.45, 7) is 8.80. The summed E-state index contributed by atoms with van der Waals surface area (Å²) in [6.07, 6.45) is 0. The van der Waals surface area contributed by atoms with Crippen LogP contribution in [-0.4, -0.2) is 18.6 Å². The number of sulfone groups is 1. The van der Waals surface area contributed by atoms with E-state index in [1.807, 2.05) is 0 Å². The lowest BCUT2D eigenvalue weighted by Crippen LogP contribution is -2.07. The number of aryl methyl sites for hydroxylation is 2. The third kappa shape index (κ3) is 2.46. The summed E-state index contributed by atoms with van der Waals surface area (Å²) in [5.74, 6) is -0.342. The highest BCUT2D eigenvalue weighted by Gasteiger charge is 2.26. The zero-order chi connectivity index (χ0) is 16.8. The Balaban J connectivity index is 2.80. The molecule has 0 aliphatic carbocycles. The summed E-state index contributed by atoms with van der Waals surface area (Å²) in [7, 11) is -3.91. The van der Waals surface area contributed by atoms with Crippen molar-refractivity contribution in [2.45, 2.75) is 44.4 Å². The monoisotopic (exact) mass is 320 g/mol. The Morgan fingerprint density at radius 1 is 0.682 bits per heavy atom. The number of hydrogen-bond donors (Lipinski definition) is 2. The molecule has 0 aliphatic heterocycles. The van der Waals surface area contributed by atoms with E-state index in [0.717, 1.165) is 16.7 Å². The van der Waals surface area contributed by atoms with E-state index in [0.29, 0.717) is 11.1 Å². The Morgan fingerprint density at radius 2 is 1.23 bits per heavy atom. The molecule has 0 fully saturated rings. The van der Waals surface area contributed by atoms with Crippen LogP contribution >= 0.6 is 0 Å². The smallest absolute Gasteiger partial charge is 0.210 e. The lowest BCUT2D eigenvalue weighted by atomic mass is 10.0. The Labute approximate surface area is 131 Å². The highest BCUT2D eigenvalue weighted by Crippen LogP contribution is 2.36. The summed E-state index contributed by atoms with van der Waals surface area (Å²) < 4.78 is 25.8. The van der Waals surface area contributed by atoms with Gasteiger partial charge in [0, 0.05) is 0 Å². The summed E-state index contributed by atoms with van der Waals surface area (Å²) in [5.41, 5.74) is 3.55. The quantitative estimate of drug-likeness (QED) is 0.888. The highest BCUT2D eigenvalue weighted by molar-refractivity contribution is 7.91. The highest BCUT2D eigenvalue weighted by atomic mass is 32.2. The maximum Gasteiger partial charge on any atom is 0.210 e. The second-order valence-corrected chi connectivity index (χ2v) is 7.56. The molecule has 0 saturated carbocycles. The van der Waals surface area contributed by atoms with Gasteiger partial charge in [-0.2, -0.15) is 0 Å². The van der Waals surface area contributed by atoms with Crippen molar-refractivity contribution in [1.82, 2.24) is 0 Å². The van der Waals surface area contributed by atoms with Gasteiger partial charge in [-0.05, 0) is 80.6 Å². The molecule has 0 bridgehead atoms. The van der Waals surface area contributed by atoms with E-state index in [-0.39, 0.29) is 21.3 Å². The normalized spacial score (nSPS) is 11.7. The van der Waals surface area contributed by atoms with E-state index in [9.17, 15) is 18.6 Å². The van der Waals surface area contributed by atoms with Crippen LogP contribution in [0.1, 0.15) is 27.8 Å². The van der Waals surface area contributed by atoms with Crippen molar-refractivity contribution in [2.24, 2.45) is 0 Å². The number of phenols is 2. The van der Waals surface area contributed by atoms with Gasteiger partial charge in [-0.1, -0.05) is 0 Å². The van der Waals surface area contributed by atoms with E-state index >= 15 is 0 Å². The average molecular weight is 320 g/mol. The summed E-state index contributed by atoms with van der Waals surface area (Å²) >= 11 is 0. The van der Waals surface area contributed by atoms with Gasteiger partial charge < -0.3 is 10.2 Å². The first kappa shape index (κ1) is 16.4. The molecule has 0 aliphatic rings. The minimum atomic E-state index is -3.91. The van der Waals surface area contributed by atoms with Crippen molar-refractivity contribution < 1.29 is 18.6 Å². The molecule has 0 saturated heterocycles. The minimum Gasteiger partial charge on any atom is -0.508 e. The second kappa shape index (κ2) is 5.32. The summed E-state index contributed by atoms with van der Waals surface area (Å²) in [6, 6.07) is 4.16. The van der Waals surface area contributed by atoms with Gasteiger partial charge in [-0.3, -0.25) is 0 Å². The van der Waals surface area contributed by atoms with Gasteiger partial charge in [-0.15, -0.1) is 0 Å². The van der Waals surface area contributed by atoms with Crippen LogP contribution in [0.2, 0.25) is 0 Å². The summed E-state index contributed by atoms with van der Waals surface area (Å²) in [4.78, 5) is -0.118. The van der Waals surface area contributed by atoms with Crippen molar-refractivity contribution in [3.8, 4) is 11.5 Å². The fraction of sp³-hybridized carbons (Fsp3) is 0.294. The molecule has 0 radical (unpaired) electrons. The fourth-order valence-corrected chi connectivity index (χ4v) is 4.11. The van der Waals surface area contributed by atoms with Gasteiger partial charge in [0.15, 0.2) is 0 Å². The third-order valence-electron chi connectivity index (χ3n) is 4.30. The van der Waals surface area contributed by atoms with E-state index in [4.69, 9.17) is 0 Å². The Bertz CT molecular complexity index is 865. The molecule has 2 rings (SSSR count). The lowest BCUT2D eigenvalue weighted by molar-refractivity contribution is 0.457. The van der Waals surface area contributed by atoms with Crippen LogP contribution in [0.15, 0.2) is 28.0 Å². The molecule has 0 atom stereocenters. The molecule has 5 heteroatoms. The van der Waals surface area contributed by atoms with Crippen LogP contribution < -0.4 is 0 Å². The third-order valence-corrected chi connectivity index (χ3v) is 6.21. The molecular formula is C17H20O4S. The zero-order valence-electron chi connectivity index (χ0n) is 13.4. The van der Waals surface area contributed by atoms with Crippen molar-refractivity contribution in [3.63, 3.8) is 0 Å². The molecule has 118 valence electrons. The number of aromatic hydroxyl groups is 2. The predicted octanol–water partition coefficient (Wildman–Crippen LogP) is 3.47. The van der Waals surface area contributed by atoms with Crippen LogP contribution in [0.4, 0.5) is 0 Å². The first-order chi connectivity index (χ1) is 10.1. The number of benzene rings is 2. The SMILES string of the molecule is Cc1cc(O)c(S(=O)(=O)c2cc(O)c(C)c(C)c2C)cc1C. The maximum absolute atomic E-state index is 12.9. The van der Waals surface area contributed by atoms with Crippen LogP contribution in [0.5, 0.6) is 11.5 Å². The lowest BCUT2D eigenvalue weighted by Gasteiger charge is -2.15. The van der Waals surface area contributed by atoms with E-state index in [1.165, 1.54) is 18.2 Å². The zero-order valence-corrected chi connectivity index (χ0v) is 14.2. The van der Waals surface area contributed by atoms with Gasteiger partial charge in [0.05, 0.1) is 4.90 Å². The molecular weight excluding hydrogens is 300 g/mol. The molecule has 2 aromatic carbocycles. The largest absolute Gasteiger partial charge is 0.508 e. The van der Waals surface area contributed by atoms with Gasteiger partial charge in [0.1, 0.15) is 16.4 Å². The van der Waals surface area contributed by atoms with E-state index < -0.39 is 9.84 Å². The van der Waals surface area contributed by atoms with Crippen molar-refractivity contribution >= 4 is 9.84 Å². The van der Waals surface area contributed by atoms with E-state index in [2.05, 4.69) is 0 Å². The first-order valence-corrected chi connectivity index (χ1v) is 8.40. The van der Waals surface area contributed by atoms with E-state index in [1.54, 1.807) is 34.6 Å². The van der Waals surface area contributed by atoms with Crippen LogP contribution in [0, 0.1) is 34.6 Å². The van der Waals surface area contributed by atoms with Crippen molar-refractivity contribution in [1.29, 1.82) is 0 Å². The predicted molar refractivity (Wildman–Crippen MR) is 85.4 cm³/mol. The molecule has 2 N–H and O–H groups in total. The Kier molecular flexibility index (Phi) is 3.96. The maximum atomic E-state index is 12.9. The Morgan fingerprint density at radius 3 is 1.82 bits per heavy atom. The van der Waals surface area contributed by atoms with Gasteiger partial charge in [-0.25, -0.2) is 8.42 Å². The molecule has 0 unspecified atom stereocenters. The number of phenolic OH excluding ortho intramolecular Hbond substituents is 2. The second-order valence-electron chi connectivity index (χ2n) is 5.68. The molecule has 4 nitrogen and oxygen atoms in total. The van der Waals surface area contributed by atoms with Crippen molar-refractivity contribution in [3.05, 3.63) is 46.0 Å². The molecule has 0 aromatic heterocycles. The summed E-state index contributed by atoms with van der Waals surface area (Å²) in [5, 5.41) is 20.0. The van der Waals surface area contributed by atoms with Crippen LogP contribution in [0.3, 0.4) is 0 Å².